The molecule has 0 radical (unpaired) electrons. The molecule has 25 heavy (non-hydrogen) atoms. The largest absolute Gasteiger partial charge is 0.378 e. The molecule has 0 aliphatic heterocycles. The van der Waals surface area contributed by atoms with Crippen molar-refractivity contribution in [2.24, 2.45) is 5.22 Å². The van der Waals surface area contributed by atoms with Gasteiger partial charge in [-0.05, 0) is 60.7 Å². The molecule has 1 amide bonds. The van der Waals surface area contributed by atoms with Gasteiger partial charge in [0.1, 0.15) is 0 Å². The predicted octanol–water partition coefficient (Wildman–Crippen LogP) is 2.22. The number of hydrogen-bond donors (Lipinski definition) is 3. The van der Waals surface area contributed by atoms with Crippen molar-refractivity contribution < 1.29 is 14.3 Å². The first-order valence-corrected chi connectivity index (χ1v) is 9.22. The Morgan fingerprint density at radius 2 is 1.76 bits per heavy atom. The fraction of sp³-hybridized carbons (Fsp3) is 0.562. The molecule has 9 heteroatoms. The standard InChI is InChI=1S/C16H26IN5O3/c1-13(2)22(21-18)20-8-10-25-12-11-24-9-7-19-16(23)14-3-5-15(17)6-4-14/h3-6,13,18,20H,7-12H2,1-2H3,(H,19,23). The Labute approximate surface area is 162 Å². The van der Waals surface area contributed by atoms with Crippen molar-refractivity contribution in [3.8, 4) is 0 Å². The van der Waals surface area contributed by atoms with Gasteiger partial charge in [0.2, 0.25) is 0 Å². The molecule has 0 fully saturated rings. The number of rotatable bonds is 13. The van der Waals surface area contributed by atoms with Crippen LogP contribution in [0.15, 0.2) is 29.5 Å². The van der Waals surface area contributed by atoms with Crippen molar-refractivity contribution in [2.75, 3.05) is 39.5 Å². The highest BCUT2D eigenvalue weighted by atomic mass is 127. The van der Waals surface area contributed by atoms with Crippen LogP contribution in [0.1, 0.15) is 24.2 Å². The van der Waals surface area contributed by atoms with Gasteiger partial charge in [-0.15, -0.1) is 0 Å². The van der Waals surface area contributed by atoms with Gasteiger partial charge in [-0.3, -0.25) is 4.79 Å². The number of hydrazine groups is 1. The Morgan fingerprint density at radius 3 is 2.32 bits per heavy atom. The second kappa shape index (κ2) is 13.0. The minimum Gasteiger partial charge on any atom is -0.378 e. The Balaban J connectivity index is 1.96. The highest BCUT2D eigenvalue weighted by Crippen LogP contribution is 2.06. The summed E-state index contributed by atoms with van der Waals surface area (Å²) >= 11 is 2.20. The maximum atomic E-state index is 11.9. The van der Waals surface area contributed by atoms with E-state index in [0.29, 0.717) is 45.1 Å². The van der Waals surface area contributed by atoms with Gasteiger partial charge >= 0.3 is 0 Å². The lowest BCUT2D eigenvalue weighted by molar-refractivity contribution is 0.0382. The average Bonchev–Trinajstić information content (AvgIpc) is 2.59. The molecular formula is C16H26IN5O3. The number of nitrogens with zero attached hydrogens (tertiary/aromatic N) is 2. The SMILES string of the molecule is CC(C)N(N=N)NCCOCCOCCNC(=O)c1ccc(I)cc1. The number of hydrogen-bond acceptors (Lipinski definition) is 6. The number of benzene rings is 1. The highest BCUT2D eigenvalue weighted by molar-refractivity contribution is 14.1. The summed E-state index contributed by atoms with van der Waals surface area (Å²) in [5.41, 5.74) is 10.6. The van der Waals surface area contributed by atoms with Crippen LogP contribution in [0.3, 0.4) is 0 Å². The molecule has 1 aromatic carbocycles. The second-order valence-corrected chi connectivity index (χ2v) is 6.68. The first-order chi connectivity index (χ1) is 12.0. The van der Waals surface area contributed by atoms with E-state index in [9.17, 15) is 4.79 Å². The lowest BCUT2D eigenvalue weighted by Gasteiger charge is -2.21. The minimum atomic E-state index is -0.100. The summed E-state index contributed by atoms with van der Waals surface area (Å²) in [6.45, 7) is 6.81. The molecule has 8 nitrogen and oxygen atoms in total. The topological polar surface area (TPSA) is 99.0 Å². The number of nitrogens with one attached hydrogen (secondary N) is 3. The summed E-state index contributed by atoms with van der Waals surface area (Å²) < 4.78 is 11.9. The van der Waals surface area contributed by atoms with Gasteiger partial charge in [0.05, 0.1) is 32.5 Å². The van der Waals surface area contributed by atoms with E-state index < -0.39 is 0 Å². The van der Waals surface area contributed by atoms with E-state index in [0.717, 1.165) is 3.57 Å². The van der Waals surface area contributed by atoms with Crippen molar-refractivity contribution in [2.45, 2.75) is 19.9 Å². The lowest BCUT2D eigenvalue weighted by atomic mass is 10.2. The van der Waals surface area contributed by atoms with E-state index >= 15 is 0 Å². The van der Waals surface area contributed by atoms with Crippen LogP contribution in [-0.4, -0.2) is 56.6 Å². The predicted molar refractivity (Wildman–Crippen MR) is 103 cm³/mol. The number of amides is 1. The van der Waals surface area contributed by atoms with E-state index in [1.807, 2.05) is 26.0 Å². The molecule has 0 saturated carbocycles. The first-order valence-electron chi connectivity index (χ1n) is 8.14. The van der Waals surface area contributed by atoms with Crippen LogP contribution >= 0.6 is 22.6 Å². The first kappa shape index (κ1) is 21.7. The van der Waals surface area contributed by atoms with Crippen molar-refractivity contribution in [3.63, 3.8) is 0 Å². The molecule has 0 spiro atoms. The van der Waals surface area contributed by atoms with Crippen LogP contribution in [0.2, 0.25) is 0 Å². The smallest absolute Gasteiger partial charge is 0.251 e. The van der Waals surface area contributed by atoms with E-state index in [1.165, 1.54) is 5.12 Å². The Morgan fingerprint density at radius 1 is 1.16 bits per heavy atom. The number of ether oxygens (including phenoxy) is 2. The molecule has 0 heterocycles. The van der Waals surface area contributed by atoms with Crippen LogP contribution in [0.4, 0.5) is 0 Å². The molecule has 0 saturated heterocycles. The van der Waals surface area contributed by atoms with Crippen LogP contribution in [0.5, 0.6) is 0 Å². The second-order valence-electron chi connectivity index (χ2n) is 5.43. The third-order valence-corrected chi connectivity index (χ3v) is 3.85. The zero-order chi connectivity index (χ0) is 18.5. The summed E-state index contributed by atoms with van der Waals surface area (Å²) in [6, 6.07) is 7.52. The van der Waals surface area contributed by atoms with E-state index in [-0.39, 0.29) is 11.9 Å². The number of halogens is 1. The molecule has 0 bridgehead atoms. The summed E-state index contributed by atoms with van der Waals surface area (Å²) in [5, 5.41) is 7.63. The van der Waals surface area contributed by atoms with Crippen molar-refractivity contribution in [1.82, 2.24) is 15.9 Å². The Kier molecular flexibility index (Phi) is 11.3. The van der Waals surface area contributed by atoms with Gasteiger partial charge in [-0.1, -0.05) is 5.22 Å². The molecule has 0 unspecified atom stereocenters. The molecule has 1 rings (SSSR count). The van der Waals surface area contributed by atoms with Crippen LogP contribution in [0, 0.1) is 9.10 Å². The normalized spacial score (nSPS) is 10.7. The molecule has 0 aliphatic carbocycles. The molecule has 140 valence electrons. The maximum absolute atomic E-state index is 11.9. The summed E-state index contributed by atoms with van der Waals surface area (Å²) in [6.07, 6.45) is 0. The van der Waals surface area contributed by atoms with Crippen molar-refractivity contribution >= 4 is 28.5 Å². The summed E-state index contributed by atoms with van der Waals surface area (Å²) in [5.74, 6) is -0.100. The molecule has 3 N–H and O–H groups in total. The van der Waals surface area contributed by atoms with Gasteiger partial charge < -0.3 is 14.8 Å². The fourth-order valence-corrected chi connectivity index (χ4v) is 2.19. The molecule has 0 aromatic heterocycles. The minimum absolute atomic E-state index is 0.100. The van der Waals surface area contributed by atoms with Crippen LogP contribution in [0.25, 0.3) is 0 Å². The van der Waals surface area contributed by atoms with Crippen LogP contribution in [-0.2, 0) is 9.47 Å². The quantitative estimate of drug-likeness (QED) is 0.180. The number of carbonyl (C=O) groups is 1. The van der Waals surface area contributed by atoms with Gasteiger partial charge in [0.25, 0.3) is 5.91 Å². The zero-order valence-corrected chi connectivity index (χ0v) is 16.8. The van der Waals surface area contributed by atoms with Crippen molar-refractivity contribution in [3.05, 3.63) is 33.4 Å². The molecule has 0 atom stereocenters. The molecule has 1 aromatic rings. The van der Waals surface area contributed by atoms with Crippen molar-refractivity contribution in [1.29, 1.82) is 5.53 Å². The fourth-order valence-electron chi connectivity index (χ4n) is 1.83. The van der Waals surface area contributed by atoms with Gasteiger partial charge in [0.15, 0.2) is 0 Å². The monoisotopic (exact) mass is 463 g/mol. The number of carbonyl (C=O) groups excluding carboxylic acids is 1. The van der Waals surface area contributed by atoms with Gasteiger partial charge in [-0.2, -0.15) is 5.53 Å². The van der Waals surface area contributed by atoms with E-state index in [4.69, 9.17) is 15.0 Å². The highest BCUT2D eigenvalue weighted by Gasteiger charge is 2.05. The lowest BCUT2D eigenvalue weighted by Crippen LogP contribution is -2.40. The Hall–Kier alpha value is -1.30. The van der Waals surface area contributed by atoms with Gasteiger partial charge in [0, 0.05) is 22.2 Å². The Bertz CT molecular complexity index is 513. The molecule has 0 aliphatic rings. The summed E-state index contributed by atoms with van der Waals surface area (Å²) in [4.78, 5) is 11.9. The summed E-state index contributed by atoms with van der Waals surface area (Å²) in [7, 11) is 0. The average molecular weight is 463 g/mol. The molecular weight excluding hydrogens is 437 g/mol. The van der Waals surface area contributed by atoms with Crippen LogP contribution < -0.4 is 10.7 Å². The van der Waals surface area contributed by atoms with E-state index in [1.54, 1.807) is 12.1 Å². The third kappa shape index (κ3) is 9.68. The zero-order valence-electron chi connectivity index (χ0n) is 14.6. The maximum Gasteiger partial charge on any atom is 0.251 e. The van der Waals surface area contributed by atoms with E-state index in [2.05, 4.69) is 38.6 Å². The third-order valence-electron chi connectivity index (χ3n) is 3.13. The van der Waals surface area contributed by atoms with Gasteiger partial charge in [-0.25, -0.2) is 10.5 Å².